The van der Waals surface area contributed by atoms with Gasteiger partial charge in [0.15, 0.2) is 11.4 Å². The molecule has 3 aliphatic rings. The predicted molar refractivity (Wildman–Crippen MR) is 132 cm³/mol. The van der Waals surface area contributed by atoms with Gasteiger partial charge in [-0.1, -0.05) is 51.1 Å². The second kappa shape index (κ2) is 7.54. The van der Waals surface area contributed by atoms with Crippen molar-refractivity contribution in [1.82, 2.24) is 0 Å². The SMILES string of the molecule is C=C(CC)Cc1ccc(O)c2c1C[C@]1(C)C[C@]3(C)CC(C)=C(C(C)=O)C(=O)[C@]3(O)C(O)=C1C2=C. The summed E-state index contributed by atoms with van der Waals surface area (Å²) in [4.78, 5) is 25.8. The van der Waals surface area contributed by atoms with E-state index in [1.165, 1.54) is 6.92 Å². The fourth-order valence-corrected chi connectivity index (χ4v) is 6.86. The van der Waals surface area contributed by atoms with Crippen molar-refractivity contribution in [2.24, 2.45) is 10.8 Å². The third-order valence-corrected chi connectivity index (χ3v) is 8.33. The van der Waals surface area contributed by atoms with E-state index in [9.17, 15) is 24.9 Å². The van der Waals surface area contributed by atoms with Crippen LogP contribution in [0, 0.1) is 10.8 Å². The lowest BCUT2D eigenvalue weighted by Gasteiger charge is -2.57. The lowest BCUT2D eigenvalue weighted by molar-refractivity contribution is -0.157. The molecule has 0 aliphatic heterocycles. The maximum atomic E-state index is 13.5. The first-order chi connectivity index (χ1) is 15.7. The summed E-state index contributed by atoms with van der Waals surface area (Å²) in [6.45, 7) is 17.3. The second-order valence-electron chi connectivity index (χ2n) is 11.0. The number of carbonyl (C=O) groups excluding carboxylic acids is 2. The first-order valence-electron chi connectivity index (χ1n) is 11.8. The van der Waals surface area contributed by atoms with Crippen LogP contribution in [0.4, 0.5) is 0 Å². The molecule has 0 fully saturated rings. The highest BCUT2D eigenvalue weighted by Crippen LogP contribution is 2.64. The van der Waals surface area contributed by atoms with E-state index in [2.05, 4.69) is 20.1 Å². The standard InChI is InChI=1S/C29H34O5/c1-8-15(2)11-19-9-10-21(31)23-17(4)24-26(33)29(34)25(32)22(18(5)30)16(3)12-28(29,7)14-27(24,6)13-20(19)23/h9-10,31,33-34H,2,4,8,11-14H2,1,3,5-7H3/t27-,28+,29+/m1/s1. The van der Waals surface area contributed by atoms with Gasteiger partial charge in [-0.15, -0.1) is 0 Å². The van der Waals surface area contributed by atoms with Crippen molar-refractivity contribution in [3.8, 4) is 5.75 Å². The Bertz CT molecular complexity index is 1250. The maximum absolute atomic E-state index is 13.5. The maximum Gasteiger partial charge on any atom is 0.206 e. The fourth-order valence-electron chi connectivity index (χ4n) is 6.86. The molecule has 0 saturated carbocycles. The van der Waals surface area contributed by atoms with Gasteiger partial charge in [0.05, 0.1) is 5.57 Å². The smallest absolute Gasteiger partial charge is 0.206 e. The van der Waals surface area contributed by atoms with Gasteiger partial charge in [0.25, 0.3) is 0 Å². The quantitative estimate of drug-likeness (QED) is 0.416. The van der Waals surface area contributed by atoms with Gasteiger partial charge in [0.1, 0.15) is 11.5 Å². The summed E-state index contributed by atoms with van der Waals surface area (Å²) in [6, 6.07) is 3.53. The molecule has 180 valence electrons. The molecule has 0 heterocycles. The highest BCUT2D eigenvalue weighted by Gasteiger charge is 2.66. The van der Waals surface area contributed by atoms with Crippen LogP contribution in [0.2, 0.25) is 0 Å². The van der Waals surface area contributed by atoms with Crippen molar-refractivity contribution in [3.05, 3.63) is 70.0 Å². The number of phenolic OH excluding ortho intramolecular Hbond substituents is 1. The Balaban J connectivity index is 1.98. The van der Waals surface area contributed by atoms with Crippen LogP contribution in [-0.2, 0) is 22.4 Å². The summed E-state index contributed by atoms with van der Waals surface area (Å²) in [6.07, 6.45) is 2.76. The number of carbonyl (C=O) groups is 2. The van der Waals surface area contributed by atoms with Gasteiger partial charge in [0.2, 0.25) is 5.78 Å². The lowest BCUT2D eigenvalue weighted by atomic mass is 9.47. The van der Waals surface area contributed by atoms with Crippen molar-refractivity contribution in [1.29, 1.82) is 0 Å². The number of ketones is 2. The number of aliphatic hydroxyl groups excluding tert-OH is 1. The summed E-state index contributed by atoms with van der Waals surface area (Å²) < 4.78 is 0. The van der Waals surface area contributed by atoms with Crippen LogP contribution in [0.5, 0.6) is 5.75 Å². The van der Waals surface area contributed by atoms with Gasteiger partial charge in [0, 0.05) is 22.0 Å². The number of benzene rings is 1. The molecule has 1 aromatic carbocycles. The van der Waals surface area contributed by atoms with Crippen molar-refractivity contribution in [2.45, 2.75) is 72.3 Å². The van der Waals surface area contributed by atoms with Crippen LogP contribution >= 0.6 is 0 Å². The van der Waals surface area contributed by atoms with E-state index in [1.807, 2.05) is 19.9 Å². The van der Waals surface area contributed by atoms with Crippen LogP contribution in [-0.4, -0.2) is 32.5 Å². The number of aliphatic hydroxyl groups is 2. The summed E-state index contributed by atoms with van der Waals surface area (Å²) in [5.74, 6) is -1.58. The topological polar surface area (TPSA) is 94.8 Å². The zero-order chi connectivity index (χ0) is 25.4. The average molecular weight is 463 g/mol. The molecule has 0 unspecified atom stereocenters. The van der Waals surface area contributed by atoms with Gasteiger partial charge in [-0.05, 0) is 68.7 Å². The van der Waals surface area contributed by atoms with E-state index in [4.69, 9.17) is 0 Å². The van der Waals surface area contributed by atoms with Crippen molar-refractivity contribution < 1.29 is 24.9 Å². The molecule has 3 N–H and O–H groups in total. The van der Waals surface area contributed by atoms with Gasteiger partial charge in [-0.3, -0.25) is 9.59 Å². The van der Waals surface area contributed by atoms with Crippen LogP contribution in [0.1, 0.15) is 70.6 Å². The largest absolute Gasteiger partial charge is 0.508 e. The number of hydrogen-bond acceptors (Lipinski definition) is 5. The number of hydrogen-bond donors (Lipinski definition) is 3. The first kappa shape index (κ1) is 24.2. The Morgan fingerprint density at radius 1 is 1.18 bits per heavy atom. The van der Waals surface area contributed by atoms with Crippen LogP contribution in [0.15, 0.2) is 53.3 Å². The third kappa shape index (κ3) is 3.02. The Hall–Kier alpha value is -2.92. The molecule has 5 nitrogen and oxygen atoms in total. The minimum Gasteiger partial charge on any atom is -0.508 e. The molecule has 0 saturated heterocycles. The summed E-state index contributed by atoms with van der Waals surface area (Å²) in [5, 5.41) is 34.2. The van der Waals surface area contributed by atoms with E-state index >= 15 is 0 Å². The van der Waals surface area contributed by atoms with E-state index in [0.29, 0.717) is 48.0 Å². The molecule has 3 atom stereocenters. The fraction of sp³-hybridized carbons (Fsp3) is 0.448. The van der Waals surface area contributed by atoms with Gasteiger partial charge in [-0.25, -0.2) is 0 Å². The molecule has 0 bridgehead atoms. The zero-order valence-electron chi connectivity index (χ0n) is 20.8. The molecule has 0 radical (unpaired) electrons. The number of rotatable bonds is 4. The summed E-state index contributed by atoms with van der Waals surface area (Å²) in [7, 11) is 0. The third-order valence-electron chi connectivity index (χ3n) is 8.33. The summed E-state index contributed by atoms with van der Waals surface area (Å²) >= 11 is 0. The van der Waals surface area contributed by atoms with Crippen LogP contribution < -0.4 is 0 Å². The molecular formula is C29H34O5. The number of allylic oxidation sites excluding steroid dienone is 4. The Labute approximate surface area is 201 Å². The molecule has 0 amide bonds. The molecule has 0 spiro atoms. The molecule has 0 aromatic heterocycles. The molecule has 1 aromatic rings. The van der Waals surface area contributed by atoms with Crippen LogP contribution in [0.25, 0.3) is 5.57 Å². The highest BCUT2D eigenvalue weighted by molar-refractivity contribution is 6.24. The van der Waals surface area contributed by atoms with Crippen LogP contribution in [0.3, 0.4) is 0 Å². The highest BCUT2D eigenvalue weighted by atomic mass is 16.3. The number of fused-ring (bicyclic) bond motifs is 3. The van der Waals surface area contributed by atoms with Crippen molar-refractivity contribution >= 4 is 17.1 Å². The van der Waals surface area contributed by atoms with E-state index in [1.54, 1.807) is 13.0 Å². The lowest BCUT2D eigenvalue weighted by Crippen LogP contribution is -2.63. The van der Waals surface area contributed by atoms with Gasteiger partial charge < -0.3 is 15.3 Å². The monoisotopic (exact) mass is 462 g/mol. The van der Waals surface area contributed by atoms with E-state index in [-0.39, 0.29) is 11.3 Å². The van der Waals surface area contributed by atoms with E-state index < -0.39 is 33.8 Å². The molecule has 5 heteroatoms. The van der Waals surface area contributed by atoms with Crippen molar-refractivity contribution in [2.75, 3.05) is 0 Å². The van der Waals surface area contributed by atoms with Gasteiger partial charge >= 0.3 is 0 Å². The average Bonchev–Trinajstić information content (AvgIpc) is 2.72. The second-order valence-corrected chi connectivity index (χ2v) is 11.0. The normalized spacial score (nSPS) is 30.6. The molecule has 4 rings (SSSR count). The molecule has 3 aliphatic carbocycles. The Morgan fingerprint density at radius 3 is 2.41 bits per heavy atom. The first-order valence-corrected chi connectivity index (χ1v) is 11.8. The Morgan fingerprint density at radius 2 is 1.82 bits per heavy atom. The predicted octanol–water partition coefficient (Wildman–Crippen LogP) is 5.31. The number of aromatic hydroxyl groups is 1. The summed E-state index contributed by atoms with van der Waals surface area (Å²) in [5.41, 5.74) is 1.16. The molecular weight excluding hydrogens is 428 g/mol. The zero-order valence-corrected chi connectivity index (χ0v) is 20.8. The Kier molecular flexibility index (Phi) is 5.37. The minimum absolute atomic E-state index is 0.0410. The van der Waals surface area contributed by atoms with Crippen molar-refractivity contribution in [3.63, 3.8) is 0 Å². The van der Waals surface area contributed by atoms with Gasteiger partial charge in [-0.2, -0.15) is 0 Å². The molecule has 34 heavy (non-hydrogen) atoms. The number of phenols is 1. The minimum atomic E-state index is -2.23. The van der Waals surface area contributed by atoms with E-state index in [0.717, 1.165) is 23.1 Å². The number of Topliss-reactive ketones (excluding diaryl/α,β-unsaturated/α-hetero) is 2.